The van der Waals surface area contributed by atoms with Crippen molar-refractivity contribution in [2.24, 2.45) is 0 Å². The topological polar surface area (TPSA) is 76.1 Å². The first-order valence-electron chi connectivity index (χ1n) is 12.3. The molecule has 37 heavy (non-hydrogen) atoms. The van der Waals surface area contributed by atoms with Gasteiger partial charge in [0.1, 0.15) is 22.9 Å². The number of aryl methyl sites for hydroxylation is 2. The van der Waals surface area contributed by atoms with Gasteiger partial charge in [0.05, 0.1) is 18.7 Å². The van der Waals surface area contributed by atoms with Gasteiger partial charge >= 0.3 is 0 Å². The number of hydrogen-bond acceptors (Lipinski definition) is 5. The highest BCUT2D eigenvalue weighted by Gasteiger charge is 2.46. The van der Waals surface area contributed by atoms with Crippen LogP contribution < -0.4 is 9.47 Å². The molecule has 1 unspecified atom stereocenters. The van der Waals surface area contributed by atoms with Gasteiger partial charge in [-0.05, 0) is 81.6 Å². The number of carbonyl (C=O) groups is 2. The number of nitrogens with zero attached hydrogens (tertiary/aromatic N) is 1. The van der Waals surface area contributed by atoms with E-state index in [0.717, 1.165) is 28.0 Å². The van der Waals surface area contributed by atoms with Gasteiger partial charge in [-0.3, -0.25) is 9.59 Å². The lowest BCUT2D eigenvalue weighted by Crippen LogP contribution is -2.29. The molecular weight excluding hydrogens is 466 g/mol. The molecule has 6 heteroatoms. The van der Waals surface area contributed by atoms with Crippen molar-refractivity contribution in [1.82, 2.24) is 4.90 Å². The maximum atomic E-state index is 13.4. The summed E-state index contributed by atoms with van der Waals surface area (Å²) in [5, 5.41) is 11.3. The zero-order valence-electron chi connectivity index (χ0n) is 22.2. The van der Waals surface area contributed by atoms with Crippen LogP contribution in [0.25, 0.3) is 5.76 Å². The molecule has 0 saturated carbocycles. The number of methoxy groups -OCH3 is 1. The minimum atomic E-state index is -0.729. The van der Waals surface area contributed by atoms with Crippen molar-refractivity contribution in [3.8, 4) is 11.5 Å². The summed E-state index contributed by atoms with van der Waals surface area (Å²) in [5.74, 6) is -0.153. The van der Waals surface area contributed by atoms with Gasteiger partial charge in [-0.1, -0.05) is 42.0 Å². The molecule has 1 amide bonds. The number of aliphatic hydroxyl groups excluding tert-OH is 1. The van der Waals surface area contributed by atoms with Crippen molar-refractivity contribution < 1.29 is 24.2 Å². The molecular formula is C31H33NO5. The van der Waals surface area contributed by atoms with E-state index in [1.807, 2.05) is 83.1 Å². The Morgan fingerprint density at radius 3 is 2.27 bits per heavy atom. The van der Waals surface area contributed by atoms with Crippen LogP contribution >= 0.6 is 0 Å². The van der Waals surface area contributed by atoms with Crippen LogP contribution in [0.3, 0.4) is 0 Å². The molecule has 1 aliphatic heterocycles. The lowest BCUT2D eigenvalue weighted by atomic mass is 9.94. The van der Waals surface area contributed by atoms with Crippen LogP contribution in [-0.2, 0) is 16.1 Å². The maximum Gasteiger partial charge on any atom is 0.295 e. The molecule has 1 atom stereocenters. The van der Waals surface area contributed by atoms with Crippen LogP contribution in [0, 0.1) is 13.8 Å². The average Bonchev–Trinajstić information content (AvgIpc) is 3.08. The van der Waals surface area contributed by atoms with Crippen molar-refractivity contribution in [3.05, 3.63) is 100 Å². The van der Waals surface area contributed by atoms with E-state index in [4.69, 9.17) is 9.47 Å². The summed E-state index contributed by atoms with van der Waals surface area (Å²) in [7, 11) is 1.58. The number of likely N-dealkylation sites (tertiary alicyclic amines) is 1. The van der Waals surface area contributed by atoms with Gasteiger partial charge in [0.2, 0.25) is 0 Å². The second kappa shape index (κ2) is 10.1. The molecule has 0 bridgehead atoms. The van der Waals surface area contributed by atoms with E-state index in [1.54, 1.807) is 25.3 Å². The van der Waals surface area contributed by atoms with Gasteiger partial charge in [-0.25, -0.2) is 0 Å². The third-order valence-electron chi connectivity index (χ3n) is 6.27. The molecule has 192 valence electrons. The minimum Gasteiger partial charge on any atom is -0.507 e. The zero-order chi connectivity index (χ0) is 26.9. The molecule has 0 aromatic heterocycles. The molecule has 1 heterocycles. The van der Waals surface area contributed by atoms with E-state index in [-0.39, 0.29) is 23.5 Å². The highest BCUT2D eigenvalue weighted by Crippen LogP contribution is 2.41. The molecule has 3 aromatic rings. The van der Waals surface area contributed by atoms with Crippen LogP contribution in [0.1, 0.15) is 54.6 Å². The van der Waals surface area contributed by atoms with Crippen LogP contribution in [0.5, 0.6) is 11.5 Å². The summed E-state index contributed by atoms with van der Waals surface area (Å²) in [5.41, 5.74) is 3.62. The number of rotatable bonds is 6. The smallest absolute Gasteiger partial charge is 0.295 e. The van der Waals surface area contributed by atoms with Gasteiger partial charge < -0.3 is 19.5 Å². The quantitative estimate of drug-likeness (QED) is 0.252. The molecule has 6 nitrogen and oxygen atoms in total. The van der Waals surface area contributed by atoms with Gasteiger partial charge in [0.25, 0.3) is 11.7 Å². The van der Waals surface area contributed by atoms with Gasteiger partial charge in [0.15, 0.2) is 0 Å². The highest BCUT2D eigenvalue weighted by molar-refractivity contribution is 6.46. The Kier molecular flexibility index (Phi) is 7.12. The first kappa shape index (κ1) is 26.0. The molecule has 0 aliphatic carbocycles. The van der Waals surface area contributed by atoms with E-state index < -0.39 is 17.7 Å². The zero-order valence-corrected chi connectivity index (χ0v) is 22.2. The van der Waals surface area contributed by atoms with Crippen LogP contribution in [0.4, 0.5) is 0 Å². The fourth-order valence-corrected chi connectivity index (χ4v) is 4.62. The molecule has 4 rings (SSSR count). The summed E-state index contributed by atoms with van der Waals surface area (Å²) in [6.07, 6.45) is 0. The van der Waals surface area contributed by atoms with E-state index in [0.29, 0.717) is 11.3 Å². The van der Waals surface area contributed by atoms with Crippen molar-refractivity contribution >= 4 is 17.4 Å². The summed E-state index contributed by atoms with van der Waals surface area (Å²) in [6, 6.07) is 19.6. The highest BCUT2D eigenvalue weighted by atomic mass is 16.5. The Labute approximate surface area is 218 Å². The molecule has 0 radical (unpaired) electrons. The van der Waals surface area contributed by atoms with E-state index in [1.165, 1.54) is 4.90 Å². The lowest BCUT2D eigenvalue weighted by Gasteiger charge is -2.26. The monoisotopic (exact) mass is 499 g/mol. The Hall–Kier alpha value is -4.06. The van der Waals surface area contributed by atoms with Crippen LogP contribution in [0.15, 0.2) is 72.3 Å². The summed E-state index contributed by atoms with van der Waals surface area (Å²) in [6.45, 7) is 9.96. The number of hydrogen-bond donors (Lipinski definition) is 1. The number of ether oxygens (including phenoxy) is 2. The van der Waals surface area contributed by atoms with E-state index >= 15 is 0 Å². The Morgan fingerprint density at radius 1 is 0.973 bits per heavy atom. The van der Waals surface area contributed by atoms with Gasteiger partial charge in [-0.15, -0.1) is 0 Å². The molecule has 1 fully saturated rings. The molecule has 1 aliphatic rings. The number of Topliss-reactive ketones (excluding diaryl/α,β-unsaturated/α-hetero) is 1. The Balaban J connectivity index is 1.77. The normalized spacial score (nSPS) is 17.2. The lowest BCUT2D eigenvalue weighted by molar-refractivity contribution is -0.140. The molecule has 1 N–H and O–H groups in total. The summed E-state index contributed by atoms with van der Waals surface area (Å²) < 4.78 is 11.2. The van der Waals surface area contributed by atoms with Crippen molar-refractivity contribution in [2.75, 3.05) is 7.11 Å². The molecule has 3 aromatic carbocycles. The van der Waals surface area contributed by atoms with Crippen molar-refractivity contribution in [3.63, 3.8) is 0 Å². The number of benzene rings is 3. The van der Waals surface area contributed by atoms with Crippen LogP contribution in [0.2, 0.25) is 0 Å². The van der Waals surface area contributed by atoms with Gasteiger partial charge in [-0.2, -0.15) is 0 Å². The predicted octanol–water partition coefficient (Wildman–Crippen LogP) is 6.11. The number of aliphatic hydroxyl groups is 1. The number of ketones is 1. The fraction of sp³-hybridized carbons (Fsp3) is 0.290. The van der Waals surface area contributed by atoms with Gasteiger partial charge in [0, 0.05) is 12.1 Å². The molecule has 0 spiro atoms. The Bertz CT molecular complexity index is 1370. The largest absolute Gasteiger partial charge is 0.507 e. The average molecular weight is 500 g/mol. The first-order chi connectivity index (χ1) is 17.5. The van der Waals surface area contributed by atoms with Crippen LogP contribution in [-0.4, -0.2) is 34.4 Å². The van der Waals surface area contributed by atoms with Crippen molar-refractivity contribution in [2.45, 2.75) is 52.8 Å². The molecule has 1 saturated heterocycles. The fourth-order valence-electron chi connectivity index (χ4n) is 4.62. The third-order valence-corrected chi connectivity index (χ3v) is 6.27. The Morgan fingerprint density at radius 2 is 1.68 bits per heavy atom. The number of carbonyl (C=O) groups excluding carboxylic acids is 2. The summed E-state index contributed by atoms with van der Waals surface area (Å²) in [4.78, 5) is 28.2. The summed E-state index contributed by atoms with van der Waals surface area (Å²) >= 11 is 0. The second-order valence-electron chi connectivity index (χ2n) is 10.4. The standard InChI is InChI=1S/C31H33NO5/c1-19-8-7-9-22(16-19)27-26(28(33)23-12-15-25(36-6)20(2)17-23)29(34)30(35)32(27)18-21-10-13-24(14-11-21)37-31(3,4)5/h7-17,27,33H,18H2,1-6H3/b28-26-. The third kappa shape index (κ3) is 5.53. The maximum absolute atomic E-state index is 13.4. The number of amides is 1. The SMILES string of the molecule is COc1ccc(/C(O)=C2/C(=O)C(=O)N(Cc3ccc(OC(C)(C)C)cc3)C2c2cccc(C)c2)cc1C. The minimum absolute atomic E-state index is 0.0767. The van der Waals surface area contributed by atoms with E-state index in [9.17, 15) is 14.7 Å². The predicted molar refractivity (Wildman–Crippen MR) is 144 cm³/mol. The van der Waals surface area contributed by atoms with E-state index in [2.05, 4.69) is 0 Å². The second-order valence-corrected chi connectivity index (χ2v) is 10.4. The first-order valence-corrected chi connectivity index (χ1v) is 12.3. The van der Waals surface area contributed by atoms with Crippen molar-refractivity contribution in [1.29, 1.82) is 0 Å².